The molecule has 214 valence electrons. The average molecular weight is 586 g/mol. The van der Waals surface area contributed by atoms with Crippen LogP contribution in [0.4, 0.5) is 0 Å². The third kappa shape index (κ3) is 11.3. The Morgan fingerprint density at radius 2 is 1.43 bits per heavy atom. The van der Waals surface area contributed by atoms with E-state index < -0.39 is 70.1 Å². The summed E-state index contributed by atoms with van der Waals surface area (Å²) in [7, 11) is -2.07. The van der Waals surface area contributed by atoms with E-state index in [0.29, 0.717) is 11.5 Å². The molecule has 1 aliphatic rings. The molecule has 0 spiro atoms. The van der Waals surface area contributed by atoms with E-state index in [0.717, 1.165) is 12.8 Å². The quantitative estimate of drug-likeness (QED) is 0.142. The SMILES string of the molecule is CS[C@H]1O[C@H]([C@H](CS(C)(CCCCS)OC(C)=O)NC(C)=O)[C@H](OC(C)=O)[C@H](OC(C)=O)[C@H]1OC(C)=O. The predicted molar refractivity (Wildman–Crippen MR) is 145 cm³/mol. The van der Waals surface area contributed by atoms with Gasteiger partial charge >= 0.3 is 23.9 Å². The van der Waals surface area contributed by atoms with E-state index in [1.54, 1.807) is 6.26 Å². The summed E-state index contributed by atoms with van der Waals surface area (Å²) >= 11 is 5.45. The van der Waals surface area contributed by atoms with Gasteiger partial charge in [-0.3, -0.25) is 24.0 Å². The van der Waals surface area contributed by atoms with E-state index in [1.807, 2.05) is 6.26 Å². The molecule has 0 aliphatic carbocycles. The largest absolute Gasteiger partial charge is 0.456 e. The van der Waals surface area contributed by atoms with Crippen molar-refractivity contribution in [2.75, 3.05) is 29.8 Å². The van der Waals surface area contributed by atoms with Crippen LogP contribution in [0.15, 0.2) is 0 Å². The molecule has 1 rings (SSSR count). The van der Waals surface area contributed by atoms with E-state index in [2.05, 4.69) is 17.9 Å². The molecule has 37 heavy (non-hydrogen) atoms. The summed E-state index contributed by atoms with van der Waals surface area (Å²) in [6.45, 7) is 6.22. The van der Waals surface area contributed by atoms with Gasteiger partial charge in [0.25, 0.3) is 0 Å². The van der Waals surface area contributed by atoms with Crippen molar-refractivity contribution in [2.45, 2.75) is 83.4 Å². The number of rotatable bonds is 13. The number of thiol groups is 1. The average Bonchev–Trinajstić information content (AvgIpc) is 2.74. The molecule has 14 heteroatoms. The van der Waals surface area contributed by atoms with Crippen molar-refractivity contribution < 1.29 is 47.1 Å². The highest BCUT2D eigenvalue weighted by atomic mass is 32.3. The molecule has 0 aromatic rings. The molecule has 1 fully saturated rings. The van der Waals surface area contributed by atoms with Gasteiger partial charge in [-0.05, 0) is 31.1 Å². The minimum Gasteiger partial charge on any atom is -0.456 e. The zero-order chi connectivity index (χ0) is 28.3. The van der Waals surface area contributed by atoms with Crippen molar-refractivity contribution in [3.63, 3.8) is 0 Å². The van der Waals surface area contributed by atoms with Gasteiger partial charge in [-0.25, -0.2) is 0 Å². The number of esters is 3. The first-order chi connectivity index (χ1) is 17.2. The van der Waals surface area contributed by atoms with Crippen molar-refractivity contribution in [3.8, 4) is 0 Å². The van der Waals surface area contributed by atoms with Crippen molar-refractivity contribution in [3.05, 3.63) is 0 Å². The normalized spacial score (nSPS) is 26.5. The summed E-state index contributed by atoms with van der Waals surface area (Å²) in [5.41, 5.74) is -0.819. The minimum atomic E-state index is -2.07. The lowest BCUT2D eigenvalue weighted by Crippen LogP contribution is -2.66. The number of nitrogens with one attached hydrogen (secondary N) is 1. The van der Waals surface area contributed by atoms with Crippen LogP contribution in [0.2, 0.25) is 0 Å². The first-order valence-electron chi connectivity index (χ1n) is 11.7. The van der Waals surface area contributed by atoms with Crippen LogP contribution in [-0.2, 0) is 47.1 Å². The monoisotopic (exact) mass is 585 g/mol. The first kappa shape index (κ1) is 33.4. The van der Waals surface area contributed by atoms with Gasteiger partial charge in [0, 0.05) is 46.1 Å². The van der Waals surface area contributed by atoms with Gasteiger partial charge in [-0.2, -0.15) is 12.6 Å². The Kier molecular flexibility index (Phi) is 14.2. The van der Waals surface area contributed by atoms with E-state index in [1.165, 1.54) is 46.4 Å². The van der Waals surface area contributed by atoms with Gasteiger partial charge in [-0.15, -0.1) is 11.8 Å². The predicted octanol–water partition coefficient (Wildman–Crippen LogP) is 2.00. The minimum absolute atomic E-state index is 0.188. The highest BCUT2D eigenvalue weighted by Crippen LogP contribution is 2.48. The summed E-state index contributed by atoms with van der Waals surface area (Å²) in [5, 5.41) is 2.85. The van der Waals surface area contributed by atoms with Gasteiger partial charge < -0.3 is 28.4 Å². The zero-order valence-corrected chi connectivity index (χ0v) is 24.9. The van der Waals surface area contributed by atoms with Crippen molar-refractivity contribution in [2.24, 2.45) is 0 Å². The fourth-order valence-corrected chi connectivity index (χ4v) is 7.81. The third-order valence-corrected chi connectivity index (χ3v) is 9.30. The molecule has 0 bridgehead atoms. The lowest BCUT2D eigenvalue weighted by molar-refractivity contribution is -0.234. The Labute approximate surface area is 229 Å². The Morgan fingerprint density at radius 3 is 1.89 bits per heavy atom. The summed E-state index contributed by atoms with van der Waals surface area (Å²) in [4.78, 5) is 60.3. The van der Waals surface area contributed by atoms with Crippen LogP contribution in [0.3, 0.4) is 0 Å². The van der Waals surface area contributed by atoms with Crippen molar-refractivity contribution >= 4 is 64.5 Å². The third-order valence-electron chi connectivity index (χ3n) is 5.29. The number of hydrogen-bond donors (Lipinski definition) is 2. The van der Waals surface area contributed by atoms with Crippen LogP contribution in [0.5, 0.6) is 0 Å². The molecule has 0 radical (unpaired) electrons. The molecule has 1 aliphatic heterocycles. The summed E-state index contributed by atoms with van der Waals surface area (Å²) in [6.07, 6.45) is 0.553. The van der Waals surface area contributed by atoms with Crippen molar-refractivity contribution in [1.29, 1.82) is 0 Å². The second-order valence-corrected chi connectivity index (χ2v) is 13.5. The molecular weight excluding hydrogens is 546 g/mol. The smallest absolute Gasteiger partial charge is 0.313 e. The molecule has 1 N–H and O–H groups in total. The van der Waals surface area contributed by atoms with Crippen LogP contribution in [0, 0.1) is 0 Å². The molecule has 0 aromatic heterocycles. The Hall–Kier alpha value is -1.64. The van der Waals surface area contributed by atoms with Gasteiger partial charge in [0.1, 0.15) is 11.5 Å². The van der Waals surface area contributed by atoms with Gasteiger partial charge in [-0.1, -0.05) is 10.3 Å². The number of unbranched alkanes of at least 4 members (excludes halogenated alkanes) is 1. The maximum absolute atomic E-state index is 12.3. The number of ether oxygens (including phenoxy) is 4. The van der Waals surface area contributed by atoms with Gasteiger partial charge in [0.05, 0.1) is 6.04 Å². The topological polar surface area (TPSA) is 144 Å². The maximum atomic E-state index is 12.3. The molecule has 11 nitrogen and oxygen atoms in total. The summed E-state index contributed by atoms with van der Waals surface area (Å²) in [6, 6.07) is -0.803. The highest BCUT2D eigenvalue weighted by Gasteiger charge is 2.54. The number of carbonyl (C=O) groups excluding carboxylic acids is 5. The fourth-order valence-electron chi connectivity index (χ4n) is 4.14. The molecular formula is C23H39NO10S3. The molecule has 1 heterocycles. The second kappa shape index (κ2) is 15.7. The van der Waals surface area contributed by atoms with E-state index >= 15 is 0 Å². The highest BCUT2D eigenvalue weighted by molar-refractivity contribution is 8.29. The summed E-state index contributed by atoms with van der Waals surface area (Å²) < 4.78 is 28.6. The lowest BCUT2D eigenvalue weighted by atomic mass is 9.94. The fraction of sp³-hybridized carbons (Fsp3) is 0.783. The van der Waals surface area contributed by atoms with Crippen LogP contribution < -0.4 is 5.32 Å². The zero-order valence-electron chi connectivity index (χ0n) is 22.3. The number of thioether (sulfide) groups is 1. The molecule has 0 aromatic carbocycles. The Balaban J connectivity index is 3.57. The Morgan fingerprint density at radius 1 is 0.892 bits per heavy atom. The second-order valence-electron chi connectivity index (χ2n) is 8.79. The van der Waals surface area contributed by atoms with Crippen LogP contribution in [0.1, 0.15) is 47.5 Å². The summed E-state index contributed by atoms with van der Waals surface area (Å²) in [5.74, 6) is -1.44. The van der Waals surface area contributed by atoms with E-state index in [9.17, 15) is 24.0 Å². The molecule has 1 unspecified atom stereocenters. The molecule has 7 atom stereocenters. The van der Waals surface area contributed by atoms with E-state index in [4.69, 9.17) is 23.1 Å². The van der Waals surface area contributed by atoms with Crippen LogP contribution >= 0.6 is 34.7 Å². The molecule has 1 saturated heterocycles. The van der Waals surface area contributed by atoms with Crippen molar-refractivity contribution in [1.82, 2.24) is 5.32 Å². The number of carbonyl (C=O) groups is 5. The van der Waals surface area contributed by atoms with Gasteiger partial charge in [0.15, 0.2) is 18.3 Å². The van der Waals surface area contributed by atoms with Gasteiger partial charge in [0.2, 0.25) is 5.91 Å². The molecule has 0 saturated carbocycles. The number of amides is 1. The molecule has 1 amide bonds. The van der Waals surface area contributed by atoms with Crippen LogP contribution in [-0.4, -0.2) is 95.4 Å². The lowest BCUT2D eigenvalue weighted by Gasteiger charge is -2.48. The standard InChI is InChI=1S/C23H39NO10S3/c1-13(25)24-18(12-37(7,34-17(5)29)11-9-8-10-35)19-20(30-14(2)26)21(31-15(3)27)22(32-16(4)28)23(33-19)36-6/h18-23,35H,8-12H2,1-7H3,(H,24,25)/t18-,19+,20-,21-,22+,23+/m0/s1. The van der Waals surface area contributed by atoms with Crippen LogP contribution in [0.25, 0.3) is 0 Å². The maximum Gasteiger partial charge on any atom is 0.313 e. The van der Waals surface area contributed by atoms with E-state index in [-0.39, 0.29) is 11.7 Å². The Bertz CT molecular complexity index is 829. The number of hydrogen-bond acceptors (Lipinski definition) is 12. The first-order valence-corrected chi connectivity index (χ1v) is 16.0.